The molecule has 0 atom stereocenters. The number of nitrogens with zero attached hydrogens (tertiary/aromatic N) is 2. The van der Waals surface area contributed by atoms with Crippen LogP contribution in [0.3, 0.4) is 0 Å². The maximum atomic E-state index is 13.5. The van der Waals surface area contributed by atoms with Crippen molar-refractivity contribution in [2.75, 3.05) is 12.4 Å². The normalized spacial score (nSPS) is 24.5. The van der Waals surface area contributed by atoms with E-state index in [-0.39, 0.29) is 17.9 Å². The lowest BCUT2D eigenvalue weighted by Crippen LogP contribution is -2.50. The van der Waals surface area contributed by atoms with Gasteiger partial charge in [-0.05, 0) is 48.8 Å². The Morgan fingerprint density at radius 2 is 1.69 bits per heavy atom. The molecule has 0 radical (unpaired) electrons. The maximum Gasteiger partial charge on any atom is 0.224 e. The molecular weight excluding hydrogens is 491 g/mol. The summed E-state index contributed by atoms with van der Waals surface area (Å²) >= 11 is 0. The smallest absolute Gasteiger partial charge is 0.224 e. The molecule has 2 saturated carbocycles. The van der Waals surface area contributed by atoms with E-state index in [2.05, 4.69) is 5.32 Å². The quantitative estimate of drug-likeness (QED) is 0.390. The lowest BCUT2D eigenvalue weighted by Gasteiger charge is -2.41. The monoisotopic (exact) mass is 528 g/mol. The Morgan fingerprint density at radius 1 is 1.03 bits per heavy atom. The molecule has 39 heavy (non-hydrogen) atoms. The van der Waals surface area contributed by atoms with Crippen LogP contribution in [0, 0.1) is 5.92 Å². The van der Waals surface area contributed by atoms with Crippen LogP contribution in [-0.2, 0) is 15.1 Å². The fraction of sp³-hybridized carbons (Fsp3) is 0.406. The highest BCUT2D eigenvalue weighted by Gasteiger charge is 2.42. The highest BCUT2D eigenvalue weighted by atomic mass is 19.1. The number of anilines is 1. The zero-order valence-corrected chi connectivity index (χ0v) is 22.7. The minimum absolute atomic E-state index is 0.0174. The number of hydrogen-bond donors (Lipinski definition) is 2. The summed E-state index contributed by atoms with van der Waals surface area (Å²) < 4.78 is 13.5. The topological polar surface area (TPSA) is 88.3 Å². The lowest BCUT2D eigenvalue weighted by atomic mass is 9.71. The van der Waals surface area contributed by atoms with E-state index >= 15 is 0 Å². The van der Waals surface area contributed by atoms with E-state index < -0.39 is 11.7 Å². The van der Waals surface area contributed by atoms with Crippen molar-refractivity contribution in [1.82, 2.24) is 9.88 Å². The van der Waals surface area contributed by atoms with Gasteiger partial charge < -0.3 is 16.0 Å². The van der Waals surface area contributed by atoms with Gasteiger partial charge in [0.25, 0.3) is 0 Å². The first-order valence-corrected chi connectivity index (χ1v) is 13.8. The van der Waals surface area contributed by atoms with Crippen LogP contribution in [0.5, 0.6) is 0 Å². The molecule has 1 aromatic heterocycles. The number of carbonyl (C=O) groups excluding carboxylic acids is 2. The van der Waals surface area contributed by atoms with Gasteiger partial charge in [-0.2, -0.15) is 0 Å². The Kier molecular flexibility index (Phi) is 7.80. The molecule has 3 aromatic rings. The van der Waals surface area contributed by atoms with E-state index in [9.17, 15) is 14.0 Å². The molecule has 2 fully saturated rings. The van der Waals surface area contributed by atoms with E-state index in [1.54, 1.807) is 13.1 Å². The molecule has 0 aliphatic heterocycles. The van der Waals surface area contributed by atoms with Crippen LogP contribution in [0.4, 0.5) is 10.1 Å². The first-order valence-electron chi connectivity index (χ1n) is 13.8. The molecular formula is C32H37FN4O2. The zero-order valence-electron chi connectivity index (χ0n) is 22.7. The molecule has 0 saturated heterocycles. The Hall–Kier alpha value is -3.58. The van der Waals surface area contributed by atoms with Crippen LogP contribution in [0.2, 0.25) is 0 Å². The molecule has 2 aliphatic rings. The Balaban J connectivity index is 1.30. The summed E-state index contributed by atoms with van der Waals surface area (Å²) in [7, 11) is 1.86. The van der Waals surface area contributed by atoms with Gasteiger partial charge >= 0.3 is 0 Å². The third-order valence-electron chi connectivity index (χ3n) is 8.50. The number of carbonyl (C=O) groups is 2. The van der Waals surface area contributed by atoms with E-state index in [4.69, 9.17) is 10.7 Å². The van der Waals surface area contributed by atoms with Crippen molar-refractivity contribution in [3.8, 4) is 22.4 Å². The number of amides is 2. The summed E-state index contributed by atoms with van der Waals surface area (Å²) in [6.07, 6.45) is 5.78. The van der Waals surface area contributed by atoms with Gasteiger partial charge in [0.05, 0.1) is 17.6 Å². The second kappa shape index (κ2) is 11.3. The SMILES string of the molecule is CC(=O)N(C)C1CCC(CC(=O)Nc2cnc(-c3ccc(C4(N)CC(F)C4)cc3)c(-c3ccccc3)c2)CC1. The van der Waals surface area contributed by atoms with Gasteiger partial charge in [0.1, 0.15) is 6.17 Å². The van der Waals surface area contributed by atoms with Crippen LogP contribution >= 0.6 is 0 Å². The molecule has 2 amide bonds. The second-order valence-corrected chi connectivity index (χ2v) is 11.3. The molecule has 1 heterocycles. The zero-order chi connectivity index (χ0) is 27.6. The van der Waals surface area contributed by atoms with E-state index in [1.807, 2.05) is 72.6 Å². The number of nitrogens with one attached hydrogen (secondary N) is 1. The van der Waals surface area contributed by atoms with E-state index in [0.717, 1.165) is 53.6 Å². The van der Waals surface area contributed by atoms with Crippen LogP contribution in [0.15, 0.2) is 66.9 Å². The number of pyridine rings is 1. The summed E-state index contributed by atoms with van der Waals surface area (Å²) in [5.74, 6) is 0.389. The summed E-state index contributed by atoms with van der Waals surface area (Å²) in [6.45, 7) is 1.60. The van der Waals surface area contributed by atoms with E-state index in [1.165, 1.54) is 0 Å². The van der Waals surface area contributed by atoms with Crippen LogP contribution in [0.25, 0.3) is 22.4 Å². The van der Waals surface area contributed by atoms with Crippen molar-refractivity contribution in [2.24, 2.45) is 11.7 Å². The van der Waals surface area contributed by atoms with Gasteiger partial charge in [-0.1, -0.05) is 54.6 Å². The minimum Gasteiger partial charge on any atom is -0.343 e. The molecule has 0 unspecified atom stereocenters. The summed E-state index contributed by atoms with van der Waals surface area (Å²) in [5, 5.41) is 3.06. The van der Waals surface area contributed by atoms with Gasteiger partial charge in [0, 0.05) is 55.9 Å². The van der Waals surface area contributed by atoms with E-state index in [0.29, 0.717) is 30.9 Å². The van der Waals surface area contributed by atoms with Gasteiger partial charge in [-0.15, -0.1) is 0 Å². The average molecular weight is 529 g/mol. The Bertz CT molecular complexity index is 1310. The molecule has 2 aromatic carbocycles. The van der Waals surface area contributed by atoms with Gasteiger partial charge in [-0.25, -0.2) is 4.39 Å². The number of rotatable bonds is 7. The summed E-state index contributed by atoms with van der Waals surface area (Å²) in [4.78, 5) is 31.2. The number of aromatic nitrogens is 1. The molecule has 3 N–H and O–H groups in total. The first kappa shape index (κ1) is 27.0. The third-order valence-corrected chi connectivity index (χ3v) is 8.50. The highest BCUT2D eigenvalue weighted by Crippen LogP contribution is 2.42. The van der Waals surface area contributed by atoms with Crippen molar-refractivity contribution in [3.05, 3.63) is 72.4 Å². The molecule has 5 rings (SSSR count). The van der Waals surface area contributed by atoms with Crippen LogP contribution < -0.4 is 11.1 Å². The second-order valence-electron chi connectivity index (χ2n) is 11.3. The van der Waals surface area contributed by atoms with Crippen molar-refractivity contribution in [1.29, 1.82) is 0 Å². The summed E-state index contributed by atoms with van der Waals surface area (Å²) in [6, 6.07) is 20.2. The highest BCUT2D eigenvalue weighted by molar-refractivity contribution is 5.93. The number of benzene rings is 2. The molecule has 7 heteroatoms. The number of nitrogens with two attached hydrogens (primary N) is 1. The molecule has 0 bridgehead atoms. The van der Waals surface area contributed by atoms with Crippen molar-refractivity contribution < 1.29 is 14.0 Å². The number of halogens is 1. The van der Waals surface area contributed by atoms with Gasteiger partial charge in [-0.3, -0.25) is 14.6 Å². The minimum atomic E-state index is -0.827. The molecule has 2 aliphatic carbocycles. The third kappa shape index (κ3) is 6.04. The molecule has 6 nitrogen and oxygen atoms in total. The average Bonchev–Trinajstić information content (AvgIpc) is 2.93. The van der Waals surface area contributed by atoms with Crippen molar-refractivity contribution in [3.63, 3.8) is 0 Å². The van der Waals surface area contributed by atoms with Crippen molar-refractivity contribution >= 4 is 17.5 Å². The predicted molar refractivity (Wildman–Crippen MR) is 153 cm³/mol. The number of alkyl halides is 1. The molecule has 0 spiro atoms. The van der Waals surface area contributed by atoms with Crippen LogP contribution in [0.1, 0.15) is 57.4 Å². The van der Waals surface area contributed by atoms with Crippen LogP contribution in [-0.4, -0.2) is 41.0 Å². The number of hydrogen-bond acceptors (Lipinski definition) is 4. The maximum absolute atomic E-state index is 13.5. The summed E-state index contributed by atoms with van der Waals surface area (Å²) in [5.41, 5.74) is 11.0. The molecule has 204 valence electrons. The first-order chi connectivity index (χ1) is 18.7. The Morgan fingerprint density at radius 3 is 2.31 bits per heavy atom. The van der Waals surface area contributed by atoms with Gasteiger partial charge in [0.2, 0.25) is 11.8 Å². The van der Waals surface area contributed by atoms with Gasteiger partial charge in [0.15, 0.2) is 0 Å². The van der Waals surface area contributed by atoms with Crippen molar-refractivity contribution in [2.45, 2.75) is 69.6 Å². The largest absolute Gasteiger partial charge is 0.343 e. The fourth-order valence-corrected chi connectivity index (χ4v) is 5.99. The lowest BCUT2D eigenvalue weighted by molar-refractivity contribution is -0.130. The predicted octanol–water partition coefficient (Wildman–Crippen LogP) is 6.07. The Labute approximate surface area is 229 Å². The standard InChI is InChI=1S/C32H37FN4O2/c1-21(38)37(2)28-14-8-22(9-15-28)16-30(39)36-27-17-29(23-6-4-3-5-7-23)31(35-20-27)24-10-12-25(13-11-24)32(34)18-26(33)19-32/h3-7,10-13,17,20,22,26,28H,8-9,14-16,18-19,34H2,1-2H3,(H,36,39). The fourth-order valence-electron chi connectivity index (χ4n) is 5.99.